The quantitative estimate of drug-likeness (QED) is 0.592. The minimum Gasteiger partial charge on any atom is -0.277 e. The molecule has 1 aromatic carbocycles. The summed E-state index contributed by atoms with van der Waals surface area (Å²) in [5.74, 6) is 0. The molecule has 0 amide bonds. The van der Waals surface area contributed by atoms with Crippen LogP contribution in [0.2, 0.25) is 0 Å². The minimum atomic E-state index is -0.110. The van der Waals surface area contributed by atoms with Gasteiger partial charge in [-0.25, -0.2) is 0 Å². The Labute approximate surface area is 83.4 Å². The first-order valence-electron chi connectivity index (χ1n) is 5.00. The van der Waals surface area contributed by atoms with Gasteiger partial charge in [-0.05, 0) is 25.8 Å². The first-order valence-corrected chi connectivity index (χ1v) is 5.00. The average molecular weight is 184 g/mol. The molecule has 70 valence electrons. The molecular weight excluding hydrogens is 172 g/mol. The molecule has 0 bridgehead atoms. The fourth-order valence-electron chi connectivity index (χ4n) is 2.31. The van der Waals surface area contributed by atoms with Crippen LogP contribution >= 0.6 is 0 Å². The Hall–Kier alpha value is -1.44. The second-order valence-corrected chi connectivity index (χ2v) is 4.05. The minimum absolute atomic E-state index is 0.110. The molecule has 2 aliphatic rings. The molecule has 3 rings (SSSR count). The van der Waals surface area contributed by atoms with Gasteiger partial charge in [-0.2, -0.15) is 0 Å². The Balaban J connectivity index is 2.19. The predicted molar refractivity (Wildman–Crippen MR) is 58.6 cm³/mol. The van der Waals surface area contributed by atoms with Crippen molar-refractivity contribution in [1.82, 2.24) is 0 Å². The molecule has 0 fully saturated rings. The molecule has 1 atom stereocenters. The van der Waals surface area contributed by atoms with E-state index in [4.69, 9.17) is 4.99 Å². The van der Waals surface area contributed by atoms with Crippen molar-refractivity contribution in [2.75, 3.05) is 0 Å². The zero-order chi connectivity index (χ0) is 9.60. The first-order chi connectivity index (χ1) is 6.80. The van der Waals surface area contributed by atoms with Crippen LogP contribution in [0.4, 0.5) is 5.69 Å². The molecule has 2 aliphatic heterocycles. The summed E-state index contributed by atoms with van der Waals surface area (Å²) in [7, 11) is 0. The highest BCUT2D eigenvalue weighted by Gasteiger charge is 2.38. The number of para-hydroxylation sites is 1. The van der Waals surface area contributed by atoms with Gasteiger partial charge in [-0.1, -0.05) is 18.2 Å². The van der Waals surface area contributed by atoms with E-state index in [0.29, 0.717) is 0 Å². The van der Waals surface area contributed by atoms with Gasteiger partial charge in [-0.3, -0.25) is 9.98 Å². The summed E-state index contributed by atoms with van der Waals surface area (Å²) >= 11 is 0. The largest absolute Gasteiger partial charge is 0.277 e. The molecule has 2 heterocycles. The van der Waals surface area contributed by atoms with Crippen LogP contribution in [0.3, 0.4) is 0 Å². The van der Waals surface area contributed by atoms with Crippen LogP contribution in [-0.4, -0.2) is 11.9 Å². The predicted octanol–water partition coefficient (Wildman–Crippen LogP) is 2.85. The van der Waals surface area contributed by atoms with Crippen molar-refractivity contribution in [2.45, 2.75) is 25.3 Å². The topological polar surface area (TPSA) is 24.7 Å². The first kappa shape index (κ1) is 7.92. The lowest BCUT2D eigenvalue weighted by atomic mass is 9.90. The monoisotopic (exact) mass is 184 g/mol. The van der Waals surface area contributed by atoms with Crippen LogP contribution in [0.15, 0.2) is 34.3 Å². The summed E-state index contributed by atoms with van der Waals surface area (Å²) in [6.07, 6.45) is 4.19. The van der Waals surface area contributed by atoms with Crippen molar-refractivity contribution in [3.05, 3.63) is 29.8 Å². The van der Waals surface area contributed by atoms with E-state index in [0.717, 1.165) is 18.5 Å². The lowest BCUT2D eigenvalue weighted by Crippen LogP contribution is -2.18. The van der Waals surface area contributed by atoms with E-state index in [2.05, 4.69) is 30.1 Å². The van der Waals surface area contributed by atoms with Crippen molar-refractivity contribution >= 4 is 17.6 Å². The summed E-state index contributed by atoms with van der Waals surface area (Å²) in [6, 6.07) is 8.30. The number of nitrogens with zero attached hydrogens (tertiary/aromatic N) is 2. The average Bonchev–Trinajstić information content (AvgIpc) is 2.75. The van der Waals surface area contributed by atoms with Crippen molar-refractivity contribution in [1.29, 1.82) is 0 Å². The van der Waals surface area contributed by atoms with E-state index < -0.39 is 0 Å². The lowest BCUT2D eigenvalue weighted by Gasteiger charge is -2.17. The number of hydrogen-bond donors (Lipinski definition) is 0. The summed E-state index contributed by atoms with van der Waals surface area (Å²) in [4.78, 5) is 9.17. The van der Waals surface area contributed by atoms with Gasteiger partial charge in [0.1, 0.15) is 5.54 Å². The van der Waals surface area contributed by atoms with Gasteiger partial charge >= 0.3 is 0 Å². The second kappa shape index (κ2) is 2.53. The molecule has 1 unspecified atom stereocenters. The highest BCUT2D eigenvalue weighted by atomic mass is 15.0. The summed E-state index contributed by atoms with van der Waals surface area (Å²) in [6.45, 7) is 2.10. The van der Waals surface area contributed by atoms with Crippen LogP contribution in [0, 0.1) is 0 Å². The van der Waals surface area contributed by atoms with Crippen molar-refractivity contribution in [3.8, 4) is 0 Å². The maximum absolute atomic E-state index is 4.73. The fourth-order valence-corrected chi connectivity index (χ4v) is 2.31. The number of hydrogen-bond acceptors (Lipinski definition) is 2. The van der Waals surface area contributed by atoms with E-state index >= 15 is 0 Å². The zero-order valence-corrected chi connectivity index (χ0v) is 8.20. The van der Waals surface area contributed by atoms with E-state index in [9.17, 15) is 0 Å². The van der Waals surface area contributed by atoms with Gasteiger partial charge in [0.25, 0.3) is 0 Å². The molecular formula is C12H12N2. The van der Waals surface area contributed by atoms with Crippen LogP contribution in [-0.2, 0) is 5.54 Å². The molecule has 0 saturated carbocycles. The summed E-state index contributed by atoms with van der Waals surface area (Å²) in [5, 5.41) is 0. The maximum atomic E-state index is 4.73. The van der Waals surface area contributed by atoms with E-state index in [1.54, 1.807) is 0 Å². The Morgan fingerprint density at radius 1 is 1.29 bits per heavy atom. The maximum Gasteiger partial charge on any atom is 0.123 e. The number of fused-ring (bicyclic) bond motifs is 2. The normalized spacial score (nSPS) is 28.2. The molecule has 0 aromatic heterocycles. The third-order valence-corrected chi connectivity index (χ3v) is 3.05. The zero-order valence-electron chi connectivity index (χ0n) is 8.20. The number of aliphatic imine (C=N–C) groups is 2. The molecule has 2 nitrogen and oxygen atoms in total. The highest BCUT2D eigenvalue weighted by molar-refractivity contribution is 5.93. The third kappa shape index (κ3) is 0.910. The molecule has 0 aliphatic carbocycles. The number of benzene rings is 1. The number of rotatable bonds is 0. The second-order valence-electron chi connectivity index (χ2n) is 4.05. The van der Waals surface area contributed by atoms with Gasteiger partial charge in [0.15, 0.2) is 0 Å². The van der Waals surface area contributed by atoms with Gasteiger partial charge < -0.3 is 0 Å². The standard InChI is InChI=1S/C12H12N2/c1-9-6-7-12(14-9)8-13-11-5-3-2-4-10(11)12/h2-5,8H,6-7H2,1H3. The van der Waals surface area contributed by atoms with Crippen LogP contribution in [0.5, 0.6) is 0 Å². The van der Waals surface area contributed by atoms with Crippen LogP contribution in [0.25, 0.3) is 0 Å². The van der Waals surface area contributed by atoms with Crippen molar-refractivity contribution < 1.29 is 0 Å². The van der Waals surface area contributed by atoms with E-state index in [1.807, 2.05) is 12.3 Å². The molecule has 1 aromatic rings. The van der Waals surface area contributed by atoms with Crippen LogP contribution < -0.4 is 0 Å². The van der Waals surface area contributed by atoms with Gasteiger partial charge in [0, 0.05) is 17.5 Å². The van der Waals surface area contributed by atoms with E-state index in [-0.39, 0.29) is 5.54 Å². The van der Waals surface area contributed by atoms with Gasteiger partial charge in [0.2, 0.25) is 0 Å². The van der Waals surface area contributed by atoms with Crippen molar-refractivity contribution in [3.63, 3.8) is 0 Å². The Morgan fingerprint density at radius 3 is 2.93 bits per heavy atom. The molecule has 0 radical (unpaired) electrons. The van der Waals surface area contributed by atoms with Gasteiger partial charge in [0.05, 0.1) is 5.69 Å². The van der Waals surface area contributed by atoms with Crippen molar-refractivity contribution in [2.24, 2.45) is 9.98 Å². The Kier molecular flexibility index (Phi) is 1.43. The molecule has 0 saturated heterocycles. The molecule has 14 heavy (non-hydrogen) atoms. The Bertz CT molecular complexity index is 445. The molecule has 2 heteroatoms. The summed E-state index contributed by atoms with van der Waals surface area (Å²) in [5.41, 5.74) is 3.50. The third-order valence-electron chi connectivity index (χ3n) is 3.05. The van der Waals surface area contributed by atoms with E-state index in [1.165, 1.54) is 11.3 Å². The molecule has 0 N–H and O–H groups in total. The molecule has 1 spiro atoms. The Morgan fingerprint density at radius 2 is 2.14 bits per heavy atom. The smallest absolute Gasteiger partial charge is 0.123 e. The summed E-state index contributed by atoms with van der Waals surface area (Å²) < 4.78 is 0. The van der Waals surface area contributed by atoms with Gasteiger partial charge in [-0.15, -0.1) is 0 Å². The fraction of sp³-hybridized carbons (Fsp3) is 0.333. The highest BCUT2D eigenvalue weighted by Crippen LogP contribution is 2.43. The lowest BCUT2D eigenvalue weighted by molar-refractivity contribution is 0.629. The SMILES string of the molecule is CC1=NC2(C=Nc3ccccc32)CC1. The van der Waals surface area contributed by atoms with Crippen LogP contribution in [0.1, 0.15) is 25.3 Å².